The first-order valence-electron chi connectivity index (χ1n) is 7.50. The van der Waals surface area contributed by atoms with Crippen LogP contribution in [0, 0.1) is 13.8 Å². The summed E-state index contributed by atoms with van der Waals surface area (Å²) in [6.07, 6.45) is 0. The van der Waals surface area contributed by atoms with E-state index in [1.165, 1.54) is 0 Å². The predicted octanol–water partition coefficient (Wildman–Crippen LogP) is 4.42. The van der Waals surface area contributed by atoms with Crippen molar-refractivity contribution < 1.29 is 4.42 Å². The minimum Gasteiger partial charge on any atom is -0.466 e. The number of hydrogen-bond donors (Lipinski definition) is 2. The molecule has 0 aliphatic heterocycles. The Morgan fingerprint density at radius 3 is 2.46 bits per heavy atom. The molecule has 2 aromatic heterocycles. The molecule has 0 saturated heterocycles. The average Bonchev–Trinajstić information content (AvgIpc) is 2.95. The SMILES string of the molecule is CCNC(=NCc1cc(C)oc1C)NCc1cc(Cl)c(Cl)n1C.I. The maximum atomic E-state index is 6.08. The van der Waals surface area contributed by atoms with E-state index in [4.69, 9.17) is 27.6 Å². The van der Waals surface area contributed by atoms with Gasteiger partial charge in [0.1, 0.15) is 16.7 Å². The van der Waals surface area contributed by atoms with Gasteiger partial charge >= 0.3 is 0 Å². The van der Waals surface area contributed by atoms with Crippen LogP contribution in [0.15, 0.2) is 21.5 Å². The molecule has 0 radical (unpaired) electrons. The molecule has 0 aliphatic carbocycles. The molecule has 0 amide bonds. The highest BCUT2D eigenvalue weighted by Gasteiger charge is 2.09. The van der Waals surface area contributed by atoms with Crippen molar-refractivity contribution in [3.05, 3.63) is 45.1 Å². The highest BCUT2D eigenvalue weighted by Crippen LogP contribution is 2.24. The molecule has 2 heterocycles. The number of guanidine groups is 1. The second-order valence-corrected chi connectivity index (χ2v) is 6.09. The van der Waals surface area contributed by atoms with Crippen molar-refractivity contribution in [1.82, 2.24) is 15.2 Å². The number of halogens is 3. The lowest BCUT2D eigenvalue weighted by molar-refractivity contribution is 0.501. The van der Waals surface area contributed by atoms with Crippen LogP contribution >= 0.6 is 47.2 Å². The Balaban J connectivity index is 0.00000288. The van der Waals surface area contributed by atoms with E-state index in [1.807, 2.05) is 44.5 Å². The fourth-order valence-corrected chi connectivity index (χ4v) is 2.70. The van der Waals surface area contributed by atoms with Gasteiger partial charge in [-0.15, -0.1) is 24.0 Å². The predicted molar refractivity (Wildman–Crippen MR) is 111 cm³/mol. The molecule has 0 atom stereocenters. The van der Waals surface area contributed by atoms with Crippen molar-refractivity contribution in [3.63, 3.8) is 0 Å². The first-order chi connectivity index (χ1) is 10.9. The lowest BCUT2D eigenvalue weighted by Crippen LogP contribution is -2.37. The minimum absolute atomic E-state index is 0. The third-order valence-corrected chi connectivity index (χ3v) is 4.39. The van der Waals surface area contributed by atoms with Crippen molar-refractivity contribution in [1.29, 1.82) is 0 Å². The normalized spacial score (nSPS) is 11.3. The highest BCUT2D eigenvalue weighted by molar-refractivity contribution is 14.0. The summed E-state index contributed by atoms with van der Waals surface area (Å²) in [5.41, 5.74) is 2.07. The number of nitrogens with one attached hydrogen (secondary N) is 2. The van der Waals surface area contributed by atoms with Crippen molar-refractivity contribution in [2.45, 2.75) is 33.9 Å². The second-order valence-electron chi connectivity index (χ2n) is 5.32. The monoisotopic (exact) mass is 484 g/mol. The maximum Gasteiger partial charge on any atom is 0.191 e. The number of hydrogen-bond acceptors (Lipinski definition) is 2. The Morgan fingerprint density at radius 2 is 1.96 bits per heavy atom. The molecule has 0 spiro atoms. The average molecular weight is 485 g/mol. The zero-order chi connectivity index (χ0) is 17.0. The van der Waals surface area contributed by atoms with Gasteiger partial charge in [0.15, 0.2) is 5.96 Å². The van der Waals surface area contributed by atoms with Crippen LogP contribution in [0.5, 0.6) is 0 Å². The van der Waals surface area contributed by atoms with Crippen molar-refractivity contribution in [2.75, 3.05) is 6.54 Å². The van der Waals surface area contributed by atoms with Gasteiger partial charge in [0.2, 0.25) is 0 Å². The fourth-order valence-electron chi connectivity index (χ4n) is 2.28. The first kappa shape index (κ1) is 21.2. The Labute approximate surface area is 169 Å². The van der Waals surface area contributed by atoms with E-state index in [2.05, 4.69) is 15.6 Å². The van der Waals surface area contributed by atoms with Gasteiger partial charge in [0.25, 0.3) is 0 Å². The summed E-state index contributed by atoms with van der Waals surface area (Å²) in [7, 11) is 1.88. The summed E-state index contributed by atoms with van der Waals surface area (Å²) in [6.45, 7) is 7.84. The van der Waals surface area contributed by atoms with Gasteiger partial charge in [0, 0.05) is 24.8 Å². The van der Waals surface area contributed by atoms with Crippen LogP contribution < -0.4 is 10.6 Å². The summed E-state index contributed by atoms with van der Waals surface area (Å²) in [5, 5.41) is 7.60. The third-order valence-electron chi connectivity index (χ3n) is 3.55. The van der Waals surface area contributed by atoms with Crippen LogP contribution in [0.25, 0.3) is 0 Å². The molecule has 134 valence electrons. The molecule has 0 fully saturated rings. The Morgan fingerprint density at radius 1 is 1.25 bits per heavy atom. The van der Waals surface area contributed by atoms with Crippen molar-refractivity contribution >= 4 is 53.1 Å². The van der Waals surface area contributed by atoms with Gasteiger partial charge < -0.3 is 19.6 Å². The number of aromatic nitrogens is 1. The van der Waals surface area contributed by atoms with E-state index in [0.29, 0.717) is 23.3 Å². The number of furan rings is 1. The topological polar surface area (TPSA) is 54.5 Å². The third kappa shape index (κ3) is 5.32. The van der Waals surface area contributed by atoms with E-state index in [-0.39, 0.29) is 24.0 Å². The number of aryl methyl sites for hydroxylation is 2. The van der Waals surface area contributed by atoms with E-state index >= 15 is 0 Å². The van der Waals surface area contributed by atoms with Crippen LogP contribution in [-0.4, -0.2) is 17.1 Å². The van der Waals surface area contributed by atoms with E-state index in [0.717, 1.165) is 35.3 Å². The zero-order valence-corrected chi connectivity index (χ0v) is 18.1. The molecular formula is C16H23Cl2IN4O. The Hall–Kier alpha value is -0.860. The molecule has 2 rings (SSSR count). The molecule has 0 unspecified atom stereocenters. The van der Waals surface area contributed by atoms with Gasteiger partial charge in [-0.05, 0) is 32.9 Å². The van der Waals surface area contributed by atoms with E-state index < -0.39 is 0 Å². The summed E-state index contributed by atoms with van der Waals surface area (Å²) in [6, 6.07) is 3.86. The molecule has 0 bridgehead atoms. The number of nitrogens with zero attached hydrogens (tertiary/aromatic N) is 2. The van der Waals surface area contributed by atoms with Gasteiger partial charge in [-0.1, -0.05) is 23.2 Å². The van der Waals surface area contributed by atoms with E-state index in [1.54, 1.807) is 0 Å². The fraction of sp³-hybridized carbons (Fsp3) is 0.438. The summed E-state index contributed by atoms with van der Waals surface area (Å²) in [4.78, 5) is 4.59. The Bertz CT molecular complexity index is 709. The Kier molecular flexibility index (Phi) is 8.45. The largest absolute Gasteiger partial charge is 0.466 e. The number of aliphatic imine (C=N–C) groups is 1. The van der Waals surface area contributed by atoms with Crippen LogP contribution in [0.1, 0.15) is 29.7 Å². The van der Waals surface area contributed by atoms with Crippen LogP contribution in [-0.2, 0) is 20.1 Å². The van der Waals surface area contributed by atoms with Crippen LogP contribution in [0.4, 0.5) is 0 Å². The minimum atomic E-state index is 0. The standard InChI is InChI=1S/C16H22Cl2N4O.HI/c1-5-19-16(20-8-12-6-10(2)23-11(12)3)21-9-13-7-14(17)15(18)22(13)4;/h6-7H,5,8-9H2,1-4H3,(H2,19,20,21);1H. The smallest absolute Gasteiger partial charge is 0.191 e. The first-order valence-corrected chi connectivity index (χ1v) is 8.25. The summed E-state index contributed by atoms with van der Waals surface area (Å²) >= 11 is 12.1. The van der Waals surface area contributed by atoms with Crippen LogP contribution in [0.2, 0.25) is 10.2 Å². The summed E-state index contributed by atoms with van der Waals surface area (Å²) in [5.74, 6) is 2.54. The zero-order valence-electron chi connectivity index (χ0n) is 14.2. The van der Waals surface area contributed by atoms with Crippen molar-refractivity contribution in [3.8, 4) is 0 Å². The number of rotatable bonds is 5. The molecule has 0 saturated carbocycles. The molecular weight excluding hydrogens is 462 g/mol. The van der Waals surface area contributed by atoms with Gasteiger partial charge in [-0.25, -0.2) is 4.99 Å². The second kappa shape index (κ2) is 9.58. The van der Waals surface area contributed by atoms with Gasteiger partial charge in [0.05, 0.1) is 18.1 Å². The molecule has 24 heavy (non-hydrogen) atoms. The maximum absolute atomic E-state index is 6.08. The van der Waals surface area contributed by atoms with Crippen molar-refractivity contribution in [2.24, 2.45) is 12.0 Å². The lowest BCUT2D eigenvalue weighted by atomic mass is 10.2. The van der Waals surface area contributed by atoms with E-state index in [9.17, 15) is 0 Å². The summed E-state index contributed by atoms with van der Waals surface area (Å²) < 4.78 is 7.38. The van der Waals surface area contributed by atoms with Gasteiger partial charge in [-0.2, -0.15) is 0 Å². The lowest BCUT2D eigenvalue weighted by Gasteiger charge is -2.12. The van der Waals surface area contributed by atoms with Crippen LogP contribution in [0.3, 0.4) is 0 Å². The van der Waals surface area contributed by atoms with Gasteiger partial charge in [-0.3, -0.25) is 0 Å². The molecule has 2 aromatic rings. The highest BCUT2D eigenvalue weighted by atomic mass is 127. The molecule has 2 N–H and O–H groups in total. The molecule has 0 aromatic carbocycles. The quantitative estimate of drug-likeness (QED) is 0.375. The molecule has 0 aliphatic rings. The molecule has 5 nitrogen and oxygen atoms in total. The molecule has 8 heteroatoms.